The molecule has 0 aromatic heterocycles. The van der Waals surface area contributed by atoms with Crippen LogP contribution < -0.4 is 0 Å². The second-order valence-corrected chi connectivity index (χ2v) is 5.23. The van der Waals surface area contributed by atoms with Crippen molar-refractivity contribution in [3.8, 4) is 0 Å². The van der Waals surface area contributed by atoms with E-state index >= 15 is 0 Å². The van der Waals surface area contributed by atoms with E-state index in [1.165, 1.54) is 5.56 Å². The van der Waals surface area contributed by atoms with Crippen LogP contribution in [-0.2, 0) is 11.3 Å². The van der Waals surface area contributed by atoms with Gasteiger partial charge in [-0.3, -0.25) is 10.3 Å². The largest absolute Gasteiger partial charge is 0.379 e. The zero-order valence-corrected chi connectivity index (χ0v) is 11.3. The maximum atomic E-state index is 8.20. The van der Waals surface area contributed by atoms with Gasteiger partial charge in [0.15, 0.2) is 0 Å². The van der Waals surface area contributed by atoms with E-state index in [2.05, 4.69) is 28.0 Å². The fourth-order valence-electron chi connectivity index (χ4n) is 2.85. The van der Waals surface area contributed by atoms with E-state index in [-0.39, 0.29) is 0 Å². The van der Waals surface area contributed by atoms with Crippen molar-refractivity contribution in [2.45, 2.75) is 13.0 Å². The molecule has 2 aliphatic heterocycles. The summed E-state index contributed by atoms with van der Waals surface area (Å²) < 4.78 is 5.35. The van der Waals surface area contributed by atoms with Gasteiger partial charge in [0, 0.05) is 38.3 Å². The fraction of sp³-hybridized carbons (Fsp3) is 0.533. The van der Waals surface area contributed by atoms with Gasteiger partial charge in [0.25, 0.3) is 0 Å². The SMILES string of the molecule is N=C1c2ccccc2CN1CCCN1CCOCC1. The predicted molar refractivity (Wildman–Crippen MR) is 75.6 cm³/mol. The molecule has 0 aliphatic carbocycles. The molecule has 2 aliphatic rings. The number of fused-ring (bicyclic) bond motifs is 1. The summed E-state index contributed by atoms with van der Waals surface area (Å²) in [6, 6.07) is 8.26. The molecule has 1 fully saturated rings. The maximum Gasteiger partial charge on any atom is 0.128 e. The van der Waals surface area contributed by atoms with Crippen LogP contribution in [-0.4, -0.2) is 55.0 Å². The highest BCUT2D eigenvalue weighted by atomic mass is 16.5. The highest BCUT2D eigenvalue weighted by Crippen LogP contribution is 2.22. The van der Waals surface area contributed by atoms with Gasteiger partial charge in [0.05, 0.1) is 13.2 Å². The van der Waals surface area contributed by atoms with Gasteiger partial charge >= 0.3 is 0 Å². The molecule has 102 valence electrons. The first-order valence-corrected chi connectivity index (χ1v) is 7.06. The van der Waals surface area contributed by atoms with E-state index in [0.29, 0.717) is 5.84 Å². The van der Waals surface area contributed by atoms with Crippen LogP contribution >= 0.6 is 0 Å². The molecule has 3 rings (SSSR count). The van der Waals surface area contributed by atoms with Gasteiger partial charge in [-0.1, -0.05) is 24.3 Å². The van der Waals surface area contributed by atoms with E-state index in [4.69, 9.17) is 10.1 Å². The Morgan fingerprint density at radius 3 is 2.68 bits per heavy atom. The molecule has 4 nitrogen and oxygen atoms in total. The first-order valence-electron chi connectivity index (χ1n) is 7.06. The van der Waals surface area contributed by atoms with Crippen LogP contribution in [0.25, 0.3) is 0 Å². The van der Waals surface area contributed by atoms with Crippen molar-refractivity contribution in [2.24, 2.45) is 0 Å². The van der Waals surface area contributed by atoms with Crippen molar-refractivity contribution in [3.05, 3.63) is 35.4 Å². The Bertz CT molecular complexity index is 454. The number of hydrogen-bond donors (Lipinski definition) is 1. The third kappa shape index (κ3) is 2.80. The van der Waals surface area contributed by atoms with Gasteiger partial charge in [0.1, 0.15) is 5.84 Å². The first kappa shape index (κ1) is 12.6. The molecule has 0 unspecified atom stereocenters. The number of morpholine rings is 1. The Morgan fingerprint density at radius 2 is 1.89 bits per heavy atom. The van der Waals surface area contributed by atoms with Gasteiger partial charge in [-0.15, -0.1) is 0 Å². The minimum Gasteiger partial charge on any atom is -0.379 e. The standard InChI is InChI=1S/C15H21N3O/c16-15-14-5-2-1-4-13(14)12-18(15)7-3-6-17-8-10-19-11-9-17/h1-2,4-5,16H,3,6-12H2. The lowest BCUT2D eigenvalue weighted by atomic mass is 10.1. The van der Waals surface area contributed by atoms with Gasteiger partial charge in [-0.05, 0) is 12.0 Å². The molecule has 4 heteroatoms. The topological polar surface area (TPSA) is 39.6 Å². The Labute approximate surface area is 114 Å². The molecule has 0 amide bonds. The molecule has 0 bridgehead atoms. The van der Waals surface area contributed by atoms with Gasteiger partial charge < -0.3 is 9.64 Å². The van der Waals surface area contributed by atoms with Crippen LogP contribution in [0.15, 0.2) is 24.3 Å². The monoisotopic (exact) mass is 259 g/mol. The Hall–Kier alpha value is -1.39. The highest BCUT2D eigenvalue weighted by molar-refractivity contribution is 6.00. The van der Waals surface area contributed by atoms with Gasteiger partial charge in [-0.25, -0.2) is 0 Å². The lowest BCUT2D eigenvalue weighted by Gasteiger charge is -2.27. The van der Waals surface area contributed by atoms with Crippen LogP contribution in [0.5, 0.6) is 0 Å². The third-order valence-corrected chi connectivity index (χ3v) is 3.96. The molecule has 0 radical (unpaired) electrons. The van der Waals surface area contributed by atoms with Crippen molar-refractivity contribution in [1.29, 1.82) is 5.41 Å². The molecule has 0 spiro atoms. The van der Waals surface area contributed by atoms with Crippen molar-refractivity contribution in [3.63, 3.8) is 0 Å². The van der Waals surface area contributed by atoms with E-state index in [1.54, 1.807) is 0 Å². The molecular formula is C15H21N3O. The third-order valence-electron chi connectivity index (χ3n) is 3.96. The molecule has 1 aromatic carbocycles. The number of ether oxygens (including phenoxy) is 1. The summed E-state index contributed by atoms with van der Waals surface area (Å²) in [6.45, 7) is 6.83. The number of rotatable bonds is 4. The van der Waals surface area contributed by atoms with Crippen molar-refractivity contribution in [1.82, 2.24) is 9.80 Å². The smallest absolute Gasteiger partial charge is 0.128 e. The molecule has 1 saturated heterocycles. The van der Waals surface area contributed by atoms with Crippen LogP contribution in [0.1, 0.15) is 17.5 Å². The molecule has 0 saturated carbocycles. The second-order valence-electron chi connectivity index (χ2n) is 5.23. The number of amidine groups is 1. The van der Waals surface area contributed by atoms with Crippen LogP contribution in [0.3, 0.4) is 0 Å². The molecule has 19 heavy (non-hydrogen) atoms. The van der Waals surface area contributed by atoms with Crippen LogP contribution in [0, 0.1) is 5.41 Å². The minimum absolute atomic E-state index is 0.692. The van der Waals surface area contributed by atoms with E-state index in [9.17, 15) is 0 Å². The predicted octanol–water partition coefficient (Wildman–Crippen LogP) is 1.55. The average molecular weight is 259 g/mol. The van der Waals surface area contributed by atoms with Crippen molar-refractivity contribution < 1.29 is 4.74 Å². The molecule has 1 N–H and O–H groups in total. The van der Waals surface area contributed by atoms with Crippen molar-refractivity contribution in [2.75, 3.05) is 39.4 Å². The first-order chi connectivity index (χ1) is 9.34. The van der Waals surface area contributed by atoms with E-state index in [1.807, 2.05) is 6.07 Å². The summed E-state index contributed by atoms with van der Waals surface area (Å²) in [5.74, 6) is 0.692. The summed E-state index contributed by atoms with van der Waals surface area (Å²) in [6.07, 6.45) is 1.12. The lowest BCUT2D eigenvalue weighted by Crippen LogP contribution is -2.38. The molecule has 2 heterocycles. The average Bonchev–Trinajstić information content (AvgIpc) is 2.78. The molecule has 0 atom stereocenters. The van der Waals surface area contributed by atoms with Crippen molar-refractivity contribution >= 4 is 5.84 Å². The highest BCUT2D eigenvalue weighted by Gasteiger charge is 2.23. The van der Waals surface area contributed by atoms with Gasteiger partial charge in [0.2, 0.25) is 0 Å². The molecule has 1 aromatic rings. The van der Waals surface area contributed by atoms with Crippen LogP contribution in [0.2, 0.25) is 0 Å². The Kier molecular flexibility index (Phi) is 3.80. The summed E-state index contributed by atoms with van der Waals surface area (Å²) >= 11 is 0. The Morgan fingerprint density at radius 1 is 1.11 bits per heavy atom. The van der Waals surface area contributed by atoms with E-state index in [0.717, 1.165) is 57.9 Å². The number of nitrogens with zero attached hydrogens (tertiary/aromatic N) is 2. The normalized spacial score (nSPS) is 19.8. The lowest BCUT2D eigenvalue weighted by molar-refractivity contribution is 0.0368. The summed E-state index contributed by atoms with van der Waals surface area (Å²) in [4.78, 5) is 4.64. The summed E-state index contributed by atoms with van der Waals surface area (Å²) in [5.41, 5.74) is 2.40. The maximum absolute atomic E-state index is 8.20. The zero-order chi connectivity index (χ0) is 13.1. The van der Waals surface area contributed by atoms with E-state index < -0.39 is 0 Å². The number of nitrogens with one attached hydrogen (secondary N) is 1. The zero-order valence-electron chi connectivity index (χ0n) is 11.3. The van der Waals surface area contributed by atoms with Gasteiger partial charge in [-0.2, -0.15) is 0 Å². The fourth-order valence-corrected chi connectivity index (χ4v) is 2.85. The number of hydrogen-bond acceptors (Lipinski definition) is 3. The quantitative estimate of drug-likeness (QED) is 0.892. The summed E-state index contributed by atoms with van der Waals surface area (Å²) in [5, 5.41) is 8.20. The summed E-state index contributed by atoms with van der Waals surface area (Å²) in [7, 11) is 0. The minimum atomic E-state index is 0.692. The second kappa shape index (κ2) is 5.72. The van der Waals surface area contributed by atoms with Crippen LogP contribution in [0.4, 0.5) is 0 Å². The molecular weight excluding hydrogens is 238 g/mol. The number of benzene rings is 1. The Balaban J connectivity index is 1.48.